The molecule has 8 heteroatoms. The SMILES string of the molecule is COc1cc(-c2ccc(=O)n(CC(=O)Nc3cccc(C)c3C)n2)cc(OC)c1OC. The summed E-state index contributed by atoms with van der Waals surface area (Å²) in [4.78, 5) is 24.9. The summed E-state index contributed by atoms with van der Waals surface area (Å²) in [5.41, 5.74) is 3.50. The van der Waals surface area contributed by atoms with Crippen molar-refractivity contribution in [2.75, 3.05) is 26.6 Å². The highest BCUT2D eigenvalue weighted by Gasteiger charge is 2.16. The van der Waals surface area contributed by atoms with Crippen LogP contribution in [-0.4, -0.2) is 37.0 Å². The first-order valence-electron chi connectivity index (χ1n) is 9.62. The van der Waals surface area contributed by atoms with Gasteiger partial charge in [-0.3, -0.25) is 9.59 Å². The molecular weight excluding hydrogens is 398 g/mol. The molecule has 0 unspecified atom stereocenters. The third-order valence-corrected chi connectivity index (χ3v) is 5.00. The molecule has 162 valence electrons. The summed E-state index contributed by atoms with van der Waals surface area (Å²) in [6.07, 6.45) is 0. The Morgan fingerprint density at radius 1 is 1.00 bits per heavy atom. The highest BCUT2D eigenvalue weighted by Crippen LogP contribution is 2.40. The quantitative estimate of drug-likeness (QED) is 0.628. The van der Waals surface area contributed by atoms with Gasteiger partial charge in [-0.1, -0.05) is 12.1 Å². The smallest absolute Gasteiger partial charge is 0.267 e. The number of hydrogen-bond acceptors (Lipinski definition) is 6. The molecule has 0 saturated carbocycles. The monoisotopic (exact) mass is 423 g/mol. The lowest BCUT2D eigenvalue weighted by atomic mass is 10.1. The van der Waals surface area contributed by atoms with Gasteiger partial charge in [-0.25, -0.2) is 4.68 Å². The molecule has 0 aliphatic heterocycles. The standard InChI is InChI=1S/C23H25N3O5/c1-14-7-6-8-17(15(14)2)24-21(27)13-26-22(28)10-9-18(25-26)16-11-19(29-3)23(31-5)20(12-16)30-4/h6-12H,13H2,1-5H3,(H,24,27). The lowest BCUT2D eigenvalue weighted by Crippen LogP contribution is -2.29. The second-order valence-corrected chi connectivity index (χ2v) is 6.92. The summed E-state index contributed by atoms with van der Waals surface area (Å²) in [5, 5.41) is 7.20. The first kappa shape index (κ1) is 21.9. The largest absolute Gasteiger partial charge is 0.493 e. The van der Waals surface area contributed by atoms with Crippen LogP contribution < -0.4 is 25.1 Å². The van der Waals surface area contributed by atoms with Gasteiger partial charge in [0.2, 0.25) is 11.7 Å². The van der Waals surface area contributed by atoms with Crippen LogP contribution >= 0.6 is 0 Å². The minimum absolute atomic E-state index is 0.218. The maximum Gasteiger partial charge on any atom is 0.267 e. The van der Waals surface area contributed by atoms with Gasteiger partial charge in [-0.15, -0.1) is 0 Å². The fraction of sp³-hybridized carbons (Fsp3) is 0.261. The van der Waals surface area contributed by atoms with Crippen LogP contribution in [0.4, 0.5) is 5.69 Å². The zero-order chi connectivity index (χ0) is 22.5. The van der Waals surface area contributed by atoms with Crippen LogP contribution in [0.15, 0.2) is 47.3 Å². The Hall–Kier alpha value is -3.81. The Kier molecular flexibility index (Phi) is 6.59. The molecule has 0 atom stereocenters. The molecule has 8 nitrogen and oxygen atoms in total. The average molecular weight is 423 g/mol. The topological polar surface area (TPSA) is 91.7 Å². The summed E-state index contributed by atoms with van der Waals surface area (Å²) >= 11 is 0. The second-order valence-electron chi connectivity index (χ2n) is 6.92. The van der Waals surface area contributed by atoms with Gasteiger partial charge in [-0.05, 0) is 49.2 Å². The molecule has 1 aromatic heterocycles. The Balaban J connectivity index is 1.91. The molecule has 0 radical (unpaired) electrons. The van der Waals surface area contributed by atoms with Crippen molar-refractivity contribution < 1.29 is 19.0 Å². The molecule has 0 fully saturated rings. The number of nitrogens with zero attached hydrogens (tertiary/aromatic N) is 2. The summed E-state index contributed by atoms with van der Waals surface area (Å²) in [7, 11) is 4.56. The first-order chi connectivity index (χ1) is 14.9. The summed E-state index contributed by atoms with van der Waals surface area (Å²) < 4.78 is 17.2. The van der Waals surface area contributed by atoms with Gasteiger partial charge in [-0.2, -0.15) is 5.10 Å². The van der Waals surface area contributed by atoms with Gasteiger partial charge in [0, 0.05) is 17.3 Å². The van der Waals surface area contributed by atoms with Crippen LogP contribution in [0.3, 0.4) is 0 Å². The molecule has 2 aromatic carbocycles. The summed E-state index contributed by atoms with van der Waals surface area (Å²) in [5.74, 6) is 1.04. The van der Waals surface area contributed by atoms with Crippen molar-refractivity contribution >= 4 is 11.6 Å². The van der Waals surface area contributed by atoms with E-state index in [9.17, 15) is 9.59 Å². The van der Waals surface area contributed by atoms with E-state index in [1.807, 2.05) is 32.0 Å². The Labute approximate surface area is 180 Å². The third kappa shape index (κ3) is 4.69. The Morgan fingerprint density at radius 3 is 2.29 bits per heavy atom. The Bertz CT molecular complexity index is 1150. The average Bonchev–Trinajstić information content (AvgIpc) is 2.77. The number of hydrogen-bond donors (Lipinski definition) is 1. The molecule has 31 heavy (non-hydrogen) atoms. The number of carbonyl (C=O) groups excluding carboxylic acids is 1. The zero-order valence-electron chi connectivity index (χ0n) is 18.2. The van der Waals surface area contributed by atoms with E-state index in [4.69, 9.17) is 14.2 Å². The van der Waals surface area contributed by atoms with Crippen molar-refractivity contribution in [1.82, 2.24) is 9.78 Å². The van der Waals surface area contributed by atoms with E-state index in [0.717, 1.165) is 15.8 Å². The molecule has 0 spiro atoms. The van der Waals surface area contributed by atoms with Crippen LogP contribution in [0.2, 0.25) is 0 Å². The van der Waals surface area contributed by atoms with Crippen molar-refractivity contribution in [3.8, 4) is 28.5 Å². The van der Waals surface area contributed by atoms with Crippen LogP contribution in [-0.2, 0) is 11.3 Å². The van der Waals surface area contributed by atoms with Crippen LogP contribution in [0.25, 0.3) is 11.3 Å². The lowest BCUT2D eigenvalue weighted by Gasteiger charge is -2.14. The number of amides is 1. The van der Waals surface area contributed by atoms with Crippen molar-refractivity contribution in [3.63, 3.8) is 0 Å². The highest BCUT2D eigenvalue weighted by molar-refractivity contribution is 5.91. The number of benzene rings is 2. The molecule has 0 aliphatic rings. The van der Waals surface area contributed by atoms with Crippen molar-refractivity contribution in [1.29, 1.82) is 0 Å². The molecule has 3 rings (SSSR count). The second kappa shape index (κ2) is 9.34. The van der Waals surface area contributed by atoms with Gasteiger partial charge >= 0.3 is 0 Å². The fourth-order valence-corrected chi connectivity index (χ4v) is 3.16. The van der Waals surface area contributed by atoms with E-state index in [0.29, 0.717) is 34.2 Å². The zero-order valence-corrected chi connectivity index (χ0v) is 18.2. The Morgan fingerprint density at radius 2 is 1.68 bits per heavy atom. The minimum atomic E-state index is -0.382. The number of carbonyl (C=O) groups is 1. The highest BCUT2D eigenvalue weighted by atomic mass is 16.5. The van der Waals surface area contributed by atoms with Crippen molar-refractivity contribution in [3.05, 3.63) is 63.9 Å². The maximum absolute atomic E-state index is 12.6. The van der Waals surface area contributed by atoms with E-state index < -0.39 is 0 Å². The van der Waals surface area contributed by atoms with E-state index in [-0.39, 0.29) is 18.0 Å². The molecule has 1 amide bonds. The number of aryl methyl sites for hydroxylation is 1. The summed E-state index contributed by atoms with van der Waals surface area (Å²) in [6, 6.07) is 12.1. The third-order valence-electron chi connectivity index (χ3n) is 5.00. The number of anilines is 1. The number of methoxy groups -OCH3 is 3. The predicted molar refractivity (Wildman–Crippen MR) is 118 cm³/mol. The number of ether oxygens (including phenoxy) is 3. The van der Waals surface area contributed by atoms with Crippen LogP contribution in [0.1, 0.15) is 11.1 Å². The van der Waals surface area contributed by atoms with Crippen molar-refractivity contribution in [2.45, 2.75) is 20.4 Å². The van der Waals surface area contributed by atoms with E-state index in [1.165, 1.54) is 27.4 Å². The molecular formula is C23H25N3O5. The molecule has 0 aliphatic carbocycles. The van der Waals surface area contributed by atoms with E-state index in [1.54, 1.807) is 18.2 Å². The molecule has 1 heterocycles. The first-order valence-corrected chi connectivity index (χ1v) is 9.62. The van der Waals surface area contributed by atoms with Crippen LogP contribution in [0, 0.1) is 13.8 Å². The van der Waals surface area contributed by atoms with Gasteiger partial charge in [0.05, 0.1) is 27.0 Å². The molecule has 0 bridgehead atoms. The minimum Gasteiger partial charge on any atom is -0.493 e. The van der Waals surface area contributed by atoms with E-state index >= 15 is 0 Å². The van der Waals surface area contributed by atoms with Gasteiger partial charge in [0.1, 0.15) is 6.54 Å². The number of nitrogens with one attached hydrogen (secondary N) is 1. The van der Waals surface area contributed by atoms with Gasteiger partial charge in [0.15, 0.2) is 11.5 Å². The maximum atomic E-state index is 12.6. The fourth-order valence-electron chi connectivity index (χ4n) is 3.16. The van der Waals surface area contributed by atoms with E-state index in [2.05, 4.69) is 10.4 Å². The molecule has 3 aromatic rings. The number of aromatic nitrogens is 2. The van der Waals surface area contributed by atoms with Crippen LogP contribution in [0.5, 0.6) is 17.2 Å². The lowest BCUT2D eigenvalue weighted by molar-refractivity contribution is -0.117. The summed E-state index contributed by atoms with van der Waals surface area (Å²) in [6.45, 7) is 3.68. The molecule has 1 N–H and O–H groups in total. The molecule has 0 saturated heterocycles. The van der Waals surface area contributed by atoms with Gasteiger partial charge in [0.25, 0.3) is 5.56 Å². The van der Waals surface area contributed by atoms with Crippen molar-refractivity contribution in [2.24, 2.45) is 0 Å². The predicted octanol–water partition coefficient (Wildman–Crippen LogP) is 3.19. The van der Waals surface area contributed by atoms with Gasteiger partial charge < -0.3 is 19.5 Å². The number of rotatable bonds is 7. The normalized spacial score (nSPS) is 10.5.